The van der Waals surface area contributed by atoms with Gasteiger partial charge in [-0.1, -0.05) is 44.0 Å². The van der Waals surface area contributed by atoms with Gasteiger partial charge >= 0.3 is 0 Å². The lowest BCUT2D eigenvalue weighted by atomic mass is 9.94. The first kappa shape index (κ1) is 17.7. The Bertz CT molecular complexity index is 574. The van der Waals surface area contributed by atoms with Gasteiger partial charge < -0.3 is 5.73 Å². The number of hydrogen-bond acceptors (Lipinski definition) is 3. The van der Waals surface area contributed by atoms with E-state index in [-0.39, 0.29) is 15.3 Å². The molecule has 20 heavy (non-hydrogen) atoms. The molecule has 0 radical (unpaired) electrons. The van der Waals surface area contributed by atoms with Crippen molar-refractivity contribution >= 4 is 33.2 Å². The number of benzene rings is 1. The van der Waals surface area contributed by atoms with E-state index in [2.05, 4.69) is 0 Å². The third kappa shape index (κ3) is 4.09. The molecule has 2 N–H and O–H groups in total. The molecule has 0 saturated heterocycles. The van der Waals surface area contributed by atoms with E-state index in [4.69, 9.17) is 28.9 Å². The Morgan fingerprint density at radius 1 is 1.25 bits per heavy atom. The molecular formula is C13H20Cl2N2O2S. The second-order valence-corrected chi connectivity index (χ2v) is 8.13. The summed E-state index contributed by atoms with van der Waals surface area (Å²) in [5.41, 5.74) is 5.38. The fourth-order valence-electron chi connectivity index (χ4n) is 1.70. The van der Waals surface area contributed by atoms with Crippen LogP contribution in [0.3, 0.4) is 0 Å². The van der Waals surface area contributed by atoms with Crippen molar-refractivity contribution < 1.29 is 8.42 Å². The predicted octanol–water partition coefficient (Wildman–Crippen LogP) is 2.99. The van der Waals surface area contributed by atoms with Crippen LogP contribution in [-0.2, 0) is 10.0 Å². The van der Waals surface area contributed by atoms with Gasteiger partial charge in [0, 0.05) is 13.1 Å². The summed E-state index contributed by atoms with van der Waals surface area (Å²) in [6, 6.07) is 4.32. The lowest BCUT2D eigenvalue weighted by Gasteiger charge is -2.30. The fraction of sp³-hybridized carbons (Fsp3) is 0.538. The monoisotopic (exact) mass is 338 g/mol. The molecule has 0 aliphatic heterocycles. The third-order valence-corrected chi connectivity index (χ3v) is 5.69. The van der Waals surface area contributed by atoms with Crippen LogP contribution in [0.25, 0.3) is 0 Å². The average molecular weight is 339 g/mol. The Morgan fingerprint density at radius 3 is 2.30 bits per heavy atom. The minimum atomic E-state index is -3.60. The number of rotatable bonds is 6. The van der Waals surface area contributed by atoms with Gasteiger partial charge in [0.15, 0.2) is 0 Å². The molecule has 0 aromatic heterocycles. The minimum absolute atomic E-state index is 0.140. The molecule has 0 heterocycles. The Balaban J connectivity index is 3.15. The molecule has 114 valence electrons. The largest absolute Gasteiger partial charge is 0.330 e. The van der Waals surface area contributed by atoms with E-state index < -0.39 is 10.0 Å². The van der Waals surface area contributed by atoms with Crippen LogP contribution in [0.15, 0.2) is 23.1 Å². The zero-order chi connectivity index (χ0) is 15.6. The Labute approximate surface area is 130 Å². The van der Waals surface area contributed by atoms with Gasteiger partial charge in [0.25, 0.3) is 0 Å². The summed E-state index contributed by atoms with van der Waals surface area (Å²) in [7, 11) is -3.60. The number of nitrogens with zero attached hydrogens (tertiary/aromatic N) is 1. The average Bonchev–Trinajstić information content (AvgIpc) is 2.39. The van der Waals surface area contributed by atoms with Gasteiger partial charge in [0.2, 0.25) is 10.0 Å². The van der Waals surface area contributed by atoms with Gasteiger partial charge in [-0.25, -0.2) is 8.42 Å². The van der Waals surface area contributed by atoms with Crippen molar-refractivity contribution in [2.24, 2.45) is 11.1 Å². The predicted molar refractivity (Wildman–Crippen MR) is 83.7 cm³/mol. The van der Waals surface area contributed by atoms with Gasteiger partial charge in [0.05, 0.1) is 14.9 Å². The number of halogens is 2. The van der Waals surface area contributed by atoms with E-state index in [1.54, 1.807) is 6.92 Å². The first-order valence-corrected chi connectivity index (χ1v) is 8.49. The number of sulfonamides is 1. The molecule has 0 saturated carbocycles. The zero-order valence-electron chi connectivity index (χ0n) is 11.9. The number of hydrogen-bond donors (Lipinski definition) is 1. The second kappa shape index (κ2) is 6.62. The maximum atomic E-state index is 12.6. The molecule has 1 rings (SSSR count). The van der Waals surface area contributed by atoms with Gasteiger partial charge in [-0.15, -0.1) is 0 Å². The summed E-state index contributed by atoms with van der Waals surface area (Å²) in [6.45, 7) is 6.77. The molecule has 0 aliphatic rings. The van der Waals surface area contributed by atoms with Crippen LogP contribution in [0.2, 0.25) is 10.0 Å². The third-order valence-electron chi connectivity index (χ3n) is 3.04. The van der Waals surface area contributed by atoms with Gasteiger partial charge in [-0.3, -0.25) is 0 Å². The molecule has 0 fully saturated rings. The van der Waals surface area contributed by atoms with Crippen LogP contribution in [0, 0.1) is 5.41 Å². The molecule has 1 aromatic carbocycles. The maximum Gasteiger partial charge on any atom is 0.243 e. The van der Waals surface area contributed by atoms with Gasteiger partial charge in [-0.05, 0) is 30.2 Å². The van der Waals surface area contributed by atoms with Gasteiger partial charge in [0.1, 0.15) is 0 Å². The summed E-state index contributed by atoms with van der Waals surface area (Å²) in [5, 5.41) is 0.554. The minimum Gasteiger partial charge on any atom is -0.330 e. The summed E-state index contributed by atoms with van der Waals surface area (Å²) < 4.78 is 26.6. The molecule has 4 nitrogen and oxygen atoms in total. The molecule has 0 amide bonds. The lowest BCUT2D eigenvalue weighted by molar-refractivity contribution is 0.273. The summed E-state index contributed by atoms with van der Waals surface area (Å²) >= 11 is 11.7. The van der Waals surface area contributed by atoms with Crippen molar-refractivity contribution in [2.75, 3.05) is 19.6 Å². The first-order chi connectivity index (χ1) is 9.14. The van der Waals surface area contributed by atoms with Crippen LogP contribution >= 0.6 is 23.2 Å². The number of nitrogens with two attached hydrogens (primary N) is 1. The van der Waals surface area contributed by atoms with E-state index in [1.807, 2.05) is 13.8 Å². The van der Waals surface area contributed by atoms with Crippen molar-refractivity contribution in [3.63, 3.8) is 0 Å². The van der Waals surface area contributed by atoms with E-state index in [0.29, 0.717) is 24.7 Å². The van der Waals surface area contributed by atoms with Crippen LogP contribution < -0.4 is 5.73 Å². The highest BCUT2D eigenvalue weighted by atomic mass is 35.5. The normalized spacial score (nSPS) is 12.9. The smallest absolute Gasteiger partial charge is 0.243 e. The van der Waals surface area contributed by atoms with Crippen molar-refractivity contribution in [1.29, 1.82) is 0 Å². The summed E-state index contributed by atoms with van der Waals surface area (Å²) in [4.78, 5) is 0.140. The lowest BCUT2D eigenvalue weighted by Crippen LogP contribution is -2.41. The fourth-order valence-corrected chi connectivity index (χ4v) is 3.72. The molecule has 0 atom stereocenters. The topological polar surface area (TPSA) is 63.4 Å². The highest BCUT2D eigenvalue weighted by Crippen LogP contribution is 2.27. The van der Waals surface area contributed by atoms with Crippen LogP contribution in [0.4, 0.5) is 0 Å². The van der Waals surface area contributed by atoms with Crippen molar-refractivity contribution in [1.82, 2.24) is 4.31 Å². The molecule has 0 unspecified atom stereocenters. The van der Waals surface area contributed by atoms with Crippen LogP contribution in [-0.4, -0.2) is 32.4 Å². The molecule has 0 spiro atoms. The molecular weight excluding hydrogens is 319 g/mol. The van der Waals surface area contributed by atoms with Crippen LogP contribution in [0.5, 0.6) is 0 Å². The highest BCUT2D eigenvalue weighted by molar-refractivity contribution is 7.89. The van der Waals surface area contributed by atoms with E-state index in [9.17, 15) is 8.42 Å². The highest BCUT2D eigenvalue weighted by Gasteiger charge is 2.29. The Kier molecular flexibility index (Phi) is 5.87. The maximum absolute atomic E-state index is 12.6. The first-order valence-electron chi connectivity index (χ1n) is 6.29. The second-order valence-electron chi connectivity index (χ2n) is 5.38. The summed E-state index contributed by atoms with van der Waals surface area (Å²) in [6.07, 6.45) is 0. The summed E-state index contributed by atoms with van der Waals surface area (Å²) in [5.74, 6) is 0. The molecule has 0 aliphatic carbocycles. The zero-order valence-corrected chi connectivity index (χ0v) is 14.2. The quantitative estimate of drug-likeness (QED) is 0.867. The van der Waals surface area contributed by atoms with Crippen molar-refractivity contribution in [3.8, 4) is 0 Å². The van der Waals surface area contributed by atoms with Gasteiger partial charge in [-0.2, -0.15) is 4.31 Å². The van der Waals surface area contributed by atoms with E-state index in [0.717, 1.165) is 0 Å². The van der Waals surface area contributed by atoms with Crippen LogP contribution in [0.1, 0.15) is 20.8 Å². The van der Waals surface area contributed by atoms with E-state index in [1.165, 1.54) is 22.5 Å². The van der Waals surface area contributed by atoms with E-state index >= 15 is 0 Å². The standard InChI is InChI=1S/C13H20Cl2N2O2S/c1-4-17(9-13(2,3)8-16)20(18,19)10-5-6-11(14)12(15)7-10/h5-7H,4,8-9,16H2,1-3H3. The Hall–Kier alpha value is -0.330. The molecule has 1 aromatic rings. The Morgan fingerprint density at radius 2 is 1.85 bits per heavy atom. The SMILES string of the molecule is CCN(CC(C)(C)CN)S(=O)(=O)c1ccc(Cl)c(Cl)c1. The molecule has 7 heteroatoms. The molecule has 0 bridgehead atoms. The van der Waals surface area contributed by atoms with Crippen molar-refractivity contribution in [2.45, 2.75) is 25.7 Å². The van der Waals surface area contributed by atoms with Crippen molar-refractivity contribution in [3.05, 3.63) is 28.2 Å².